The molecule has 0 unspecified atom stereocenters. The molecule has 19 heavy (non-hydrogen) atoms. The second-order valence-electron chi connectivity index (χ2n) is 3.63. The van der Waals surface area contributed by atoms with Gasteiger partial charge in [-0.05, 0) is 19.1 Å². The molecule has 7 nitrogen and oxygen atoms in total. The van der Waals surface area contributed by atoms with Crippen LogP contribution in [0.25, 0.3) is 0 Å². The van der Waals surface area contributed by atoms with Crippen molar-refractivity contribution in [3.63, 3.8) is 0 Å². The first-order chi connectivity index (χ1) is 8.27. The molecule has 0 bridgehead atoms. The van der Waals surface area contributed by atoms with Crippen LogP contribution in [-0.2, 0) is 10.0 Å². The highest BCUT2D eigenvalue weighted by Crippen LogP contribution is 2.27. The molecule has 1 rings (SSSR count). The number of nitrogens with zero attached hydrogens (tertiary/aromatic N) is 1. The summed E-state index contributed by atoms with van der Waals surface area (Å²) in [7, 11) is -3.99. The van der Waals surface area contributed by atoms with E-state index in [0.717, 1.165) is 12.1 Å². The zero-order chi connectivity index (χ0) is 13.9. The van der Waals surface area contributed by atoms with E-state index in [1.165, 1.54) is 6.07 Å². The Kier molecular flexibility index (Phi) is 6.67. The van der Waals surface area contributed by atoms with Crippen molar-refractivity contribution in [2.75, 3.05) is 6.54 Å². The van der Waals surface area contributed by atoms with Gasteiger partial charge in [-0.1, -0.05) is 11.6 Å². The highest BCUT2D eigenvalue weighted by atomic mass is 35.5. The average molecular weight is 330 g/mol. The van der Waals surface area contributed by atoms with Crippen LogP contribution in [0.2, 0.25) is 5.02 Å². The summed E-state index contributed by atoms with van der Waals surface area (Å²) in [5.74, 6) is 0. The molecule has 0 amide bonds. The normalized spacial score (nSPS) is 12.6. The minimum Gasteiger partial charge on any atom is -0.329 e. The number of benzene rings is 1. The lowest BCUT2D eigenvalue weighted by Gasteiger charge is -2.12. The van der Waals surface area contributed by atoms with Crippen LogP contribution in [-0.4, -0.2) is 25.9 Å². The Morgan fingerprint density at radius 3 is 2.58 bits per heavy atom. The fourth-order valence-electron chi connectivity index (χ4n) is 1.24. The molecule has 0 aliphatic carbocycles. The Morgan fingerprint density at radius 2 is 2.11 bits per heavy atom. The van der Waals surface area contributed by atoms with E-state index >= 15 is 0 Å². The standard InChI is InChI=1S/C9H12ClN3O4S.ClH/c1-6(5-11)12-18(16,17)9-3-2-7(10)4-8(9)13(14)15;/h2-4,6,12H,5,11H2,1H3;1H/t6-;/m0./s1. The van der Waals surface area contributed by atoms with E-state index in [1.807, 2.05) is 0 Å². The van der Waals surface area contributed by atoms with Gasteiger partial charge >= 0.3 is 0 Å². The molecular formula is C9H13Cl2N3O4S. The molecular weight excluding hydrogens is 317 g/mol. The average Bonchev–Trinajstić information content (AvgIpc) is 2.27. The third-order valence-electron chi connectivity index (χ3n) is 2.12. The highest BCUT2D eigenvalue weighted by Gasteiger charge is 2.26. The first kappa shape index (κ1) is 18.1. The monoisotopic (exact) mass is 329 g/mol. The maximum absolute atomic E-state index is 11.9. The van der Waals surface area contributed by atoms with E-state index in [0.29, 0.717) is 0 Å². The molecule has 0 radical (unpaired) electrons. The van der Waals surface area contributed by atoms with Gasteiger partial charge in [-0.15, -0.1) is 12.4 Å². The Balaban J connectivity index is 0.00000324. The summed E-state index contributed by atoms with van der Waals surface area (Å²) in [5, 5.41) is 10.9. The molecule has 0 saturated heterocycles. The number of rotatable bonds is 5. The fraction of sp³-hybridized carbons (Fsp3) is 0.333. The van der Waals surface area contributed by atoms with Crippen molar-refractivity contribution >= 4 is 39.7 Å². The number of nitro groups is 1. The Labute approximate surface area is 121 Å². The van der Waals surface area contributed by atoms with Crippen molar-refractivity contribution < 1.29 is 13.3 Å². The summed E-state index contributed by atoms with van der Waals surface area (Å²) in [6.07, 6.45) is 0. The number of hydrogen-bond donors (Lipinski definition) is 2. The second-order valence-corrected chi connectivity index (χ2v) is 5.75. The number of hydrogen-bond acceptors (Lipinski definition) is 5. The Morgan fingerprint density at radius 1 is 1.53 bits per heavy atom. The van der Waals surface area contributed by atoms with Crippen LogP contribution >= 0.6 is 24.0 Å². The number of nitrogens with two attached hydrogens (primary N) is 1. The van der Waals surface area contributed by atoms with Crippen LogP contribution in [0.1, 0.15) is 6.92 Å². The molecule has 0 heterocycles. The molecule has 10 heteroatoms. The lowest BCUT2D eigenvalue weighted by atomic mass is 10.3. The number of halogens is 2. The Bertz CT molecular complexity index is 565. The van der Waals surface area contributed by atoms with E-state index < -0.39 is 31.6 Å². The van der Waals surface area contributed by atoms with Gasteiger partial charge < -0.3 is 5.73 Å². The molecule has 0 aromatic heterocycles. The van der Waals surface area contributed by atoms with Crippen molar-refractivity contribution in [3.8, 4) is 0 Å². The van der Waals surface area contributed by atoms with Gasteiger partial charge in [-0.25, -0.2) is 13.1 Å². The minimum atomic E-state index is -3.99. The van der Waals surface area contributed by atoms with Crippen molar-refractivity contribution in [1.29, 1.82) is 0 Å². The zero-order valence-corrected chi connectivity index (χ0v) is 12.3. The first-order valence-corrected chi connectivity index (χ1v) is 6.80. The van der Waals surface area contributed by atoms with Gasteiger partial charge in [-0.3, -0.25) is 10.1 Å². The topological polar surface area (TPSA) is 115 Å². The van der Waals surface area contributed by atoms with E-state index in [1.54, 1.807) is 6.92 Å². The van der Waals surface area contributed by atoms with Crippen LogP contribution in [0, 0.1) is 10.1 Å². The minimum absolute atomic E-state index is 0. The van der Waals surface area contributed by atoms with Crippen LogP contribution < -0.4 is 10.5 Å². The molecule has 0 spiro atoms. The van der Waals surface area contributed by atoms with Gasteiger partial charge in [0, 0.05) is 23.7 Å². The predicted molar refractivity (Wildman–Crippen MR) is 74.2 cm³/mol. The van der Waals surface area contributed by atoms with Gasteiger partial charge in [0.05, 0.1) is 4.92 Å². The molecule has 1 aromatic rings. The quantitative estimate of drug-likeness (QED) is 0.623. The third kappa shape index (κ3) is 4.59. The predicted octanol–water partition coefficient (Wildman–Crippen LogP) is 1.30. The van der Waals surface area contributed by atoms with Crippen LogP contribution in [0.4, 0.5) is 5.69 Å². The highest BCUT2D eigenvalue weighted by molar-refractivity contribution is 7.89. The summed E-state index contributed by atoms with van der Waals surface area (Å²) in [4.78, 5) is 9.57. The summed E-state index contributed by atoms with van der Waals surface area (Å²) in [6.45, 7) is 1.64. The van der Waals surface area contributed by atoms with Crippen molar-refractivity contribution in [1.82, 2.24) is 4.72 Å². The van der Waals surface area contributed by atoms with E-state index in [9.17, 15) is 18.5 Å². The van der Waals surface area contributed by atoms with Crippen LogP contribution in [0.15, 0.2) is 23.1 Å². The van der Waals surface area contributed by atoms with E-state index in [4.69, 9.17) is 17.3 Å². The SMILES string of the molecule is C[C@@H](CN)NS(=O)(=O)c1ccc(Cl)cc1[N+](=O)[O-].Cl. The number of nitro benzene ring substituents is 1. The second kappa shape index (κ2) is 7.01. The molecule has 3 N–H and O–H groups in total. The van der Waals surface area contributed by atoms with Crippen molar-refractivity contribution in [2.24, 2.45) is 5.73 Å². The fourth-order valence-corrected chi connectivity index (χ4v) is 2.81. The van der Waals surface area contributed by atoms with Gasteiger partial charge in [0.1, 0.15) is 0 Å². The summed E-state index contributed by atoms with van der Waals surface area (Å²) in [5.41, 5.74) is 4.73. The molecule has 0 aliphatic rings. The lowest BCUT2D eigenvalue weighted by Crippen LogP contribution is -2.37. The van der Waals surface area contributed by atoms with E-state index in [2.05, 4.69) is 4.72 Å². The first-order valence-electron chi connectivity index (χ1n) is 4.94. The summed E-state index contributed by atoms with van der Waals surface area (Å²) >= 11 is 5.60. The van der Waals surface area contributed by atoms with Gasteiger partial charge in [0.25, 0.3) is 5.69 Å². The Hall–Kier alpha value is -0.930. The maximum Gasteiger partial charge on any atom is 0.290 e. The molecule has 0 fully saturated rings. The number of nitrogens with one attached hydrogen (secondary N) is 1. The molecule has 0 saturated carbocycles. The largest absolute Gasteiger partial charge is 0.329 e. The van der Waals surface area contributed by atoms with Crippen LogP contribution in [0.5, 0.6) is 0 Å². The van der Waals surface area contributed by atoms with Gasteiger partial charge in [0.15, 0.2) is 4.90 Å². The van der Waals surface area contributed by atoms with Crippen LogP contribution in [0.3, 0.4) is 0 Å². The molecule has 1 aromatic carbocycles. The van der Waals surface area contributed by atoms with E-state index in [-0.39, 0.29) is 24.0 Å². The maximum atomic E-state index is 11.9. The molecule has 1 atom stereocenters. The summed E-state index contributed by atoms with van der Waals surface area (Å²) < 4.78 is 26.1. The summed E-state index contributed by atoms with van der Waals surface area (Å²) in [6, 6.07) is 2.83. The van der Waals surface area contributed by atoms with Gasteiger partial charge in [0.2, 0.25) is 10.0 Å². The van der Waals surface area contributed by atoms with Crippen molar-refractivity contribution in [3.05, 3.63) is 33.3 Å². The van der Waals surface area contributed by atoms with Gasteiger partial charge in [-0.2, -0.15) is 0 Å². The molecule has 0 aliphatic heterocycles. The zero-order valence-electron chi connectivity index (χ0n) is 9.87. The number of sulfonamides is 1. The lowest BCUT2D eigenvalue weighted by molar-refractivity contribution is -0.387. The van der Waals surface area contributed by atoms with Crippen molar-refractivity contribution in [2.45, 2.75) is 17.9 Å². The molecule has 108 valence electrons. The smallest absolute Gasteiger partial charge is 0.290 e. The third-order valence-corrected chi connectivity index (χ3v) is 3.99.